The van der Waals surface area contributed by atoms with Crippen LogP contribution in [0.5, 0.6) is 5.75 Å². The Labute approximate surface area is 163 Å². The molecule has 5 nitrogen and oxygen atoms in total. The molecule has 0 atom stereocenters. The molecule has 0 aromatic heterocycles. The lowest BCUT2D eigenvalue weighted by molar-refractivity contribution is 0.0994. The van der Waals surface area contributed by atoms with E-state index in [4.69, 9.17) is 4.74 Å². The van der Waals surface area contributed by atoms with E-state index in [1.54, 1.807) is 23.1 Å². The lowest BCUT2D eigenvalue weighted by Crippen LogP contribution is -2.23. The van der Waals surface area contributed by atoms with Gasteiger partial charge in [-0.25, -0.2) is 0 Å². The van der Waals surface area contributed by atoms with E-state index in [0.29, 0.717) is 23.5 Å². The molecule has 1 aliphatic heterocycles. The van der Waals surface area contributed by atoms with Crippen LogP contribution in [0.1, 0.15) is 31.8 Å². The van der Waals surface area contributed by atoms with Crippen LogP contribution in [0.4, 0.5) is 11.4 Å². The molecule has 1 N–H and O–H groups in total. The maximum Gasteiger partial charge on any atom is 0.259 e. The summed E-state index contributed by atoms with van der Waals surface area (Å²) in [6.07, 6.45) is 0. The molecule has 1 aliphatic rings. The first kappa shape index (κ1) is 17.8. The summed E-state index contributed by atoms with van der Waals surface area (Å²) in [5, 5.41) is 2.92. The zero-order valence-corrected chi connectivity index (χ0v) is 15.7. The van der Waals surface area contributed by atoms with Gasteiger partial charge in [-0.2, -0.15) is 0 Å². The first-order valence-electron chi connectivity index (χ1n) is 9.03. The van der Waals surface area contributed by atoms with Crippen molar-refractivity contribution in [3.8, 4) is 5.75 Å². The Balaban J connectivity index is 1.56. The molecule has 28 heavy (non-hydrogen) atoms. The summed E-state index contributed by atoms with van der Waals surface area (Å²) in [6.45, 7) is 2.47. The van der Waals surface area contributed by atoms with Gasteiger partial charge in [-0.05, 0) is 54.4 Å². The fourth-order valence-corrected chi connectivity index (χ4v) is 3.44. The number of aryl methyl sites for hydroxylation is 1. The summed E-state index contributed by atoms with van der Waals surface area (Å²) >= 11 is 0. The molecule has 0 radical (unpaired) electrons. The van der Waals surface area contributed by atoms with Gasteiger partial charge >= 0.3 is 0 Å². The quantitative estimate of drug-likeness (QED) is 0.738. The average Bonchev–Trinajstić information content (AvgIpc) is 3.06. The molecule has 1 heterocycles. The number of fused-ring (bicyclic) bond motifs is 1. The molecule has 0 bridgehead atoms. The predicted octanol–water partition coefficient (Wildman–Crippen LogP) is 4.42. The first-order valence-corrected chi connectivity index (χ1v) is 9.03. The van der Waals surface area contributed by atoms with Crippen LogP contribution in [0.15, 0.2) is 66.7 Å². The number of nitrogens with zero attached hydrogens (tertiary/aromatic N) is 1. The molecule has 0 spiro atoms. The van der Waals surface area contributed by atoms with Crippen molar-refractivity contribution in [1.82, 2.24) is 0 Å². The van der Waals surface area contributed by atoms with Crippen LogP contribution in [-0.4, -0.2) is 18.9 Å². The highest BCUT2D eigenvalue weighted by Gasteiger charge is 2.28. The molecule has 3 aromatic rings. The smallest absolute Gasteiger partial charge is 0.259 e. The fraction of sp³-hybridized carbons (Fsp3) is 0.130. The van der Waals surface area contributed by atoms with E-state index in [9.17, 15) is 9.59 Å². The van der Waals surface area contributed by atoms with Gasteiger partial charge in [-0.15, -0.1) is 0 Å². The zero-order valence-electron chi connectivity index (χ0n) is 15.7. The summed E-state index contributed by atoms with van der Waals surface area (Å²) in [6, 6.07) is 20.3. The summed E-state index contributed by atoms with van der Waals surface area (Å²) in [5.41, 5.74) is 4.63. The lowest BCUT2D eigenvalue weighted by atomic mass is 10.1. The number of benzene rings is 3. The molecule has 3 aromatic carbocycles. The van der Waals surface area contributed by atoms with Crippen LogP contribution in [0.25, 0.3) is 0 Å². The molecule has 0 aliphatic carbocycles. The standard InChI is InChI=1S/C23H20N2O3/c1-15-13-17(25-14-16-7-3-4-8-18(16)23(25)27)11-12-20(15)24-22(26)19-9-5-6-10-21(19)28-2/h3-13H,14H2,1-2H3,(H,24,26). The van der Waals surface area contributed by atoms with Crippen molar-refractivity contribution in [2.45, 2.75) is 13.5 Å². The van der Waals surface area contributed by atoms with Gasteiger partial charge < -0.3 is 15.0 Å². The largest absolute Gasteiger partial charge is 0.496 e. The topological polar surface area (TPSA) is 58.6 Å². The van der Waals surface area contributed by atoms with Gasteiger partial charge in [0.15, 0.2) is 0 Å². The number of ether oxygens (including phenoxy) is 1. The zero-order chi connectivity index (χ0) is 19.7. The van der Waals surface area contributed by atoms with Crippen LogP contribution in [0, 0.1) is 6.92 Å². The van der Waals surface area contributed by atoms with Crippen LogP contribution in [0.3, 0.4) is 0 Å². The third kappa shape index (κ3) is 3.11. The van der Waals surface area contributed by atoms with Crippen molar-refractivity contribution in [1.29, 1.82) is 0 Å². The lowest BCUT2D eigenvalue weighted by Gasteiger charge is -2.18. The molecule has 4 rings (SSSR count). The second-order valence-electron chi connectivity index (χ2n) is 6.70. The Morgan fingerprint density at radius 2 is 1.79 bits per heavy atom. The number of carbonyl (C=O) groups excluding carboxylic acids is 2. The summed E-state index contributed by atoms with van der Waals surface area (Å²) in [5.74, 6) is 0.286. The second-order valence-corrected chi connectivity index (χ2v) is 6.70. The van der Waals surface area contributed by atoms with Crippen molar-refractivity contribution in [2.24, 2.45) is 0 Å². The third-order valence-electron chi connectivity index (χ3n) is 4.94. The number of anilines is 2. The van der Waals surface area contributed by atoms with Crippen LogP contribution >= 0.6 is 0 Å². The van der Waals surface area contributed by atoms with Gasteiger partial charge in [-0.1, -0.05) is 30.3 Å². The highest BCUT2D eigenvalue weighted by molar-refractivity contribution is 6.10. The minimum absolute atomic E-state index is 0.000748. The monoisotopic (exact) mass is 372 g/mol. The number of amides is 2. The highest BCUT2D eigenvalue weighted by Crippen LogP contribution is 2.31. The van der Waals surface area contributed by atoms with Gasteiger partial charge in [0.25, 0.3) is 11.8 Å². The molecule has 0 saturated carbocycles. The SMILES string of the molecule is COc1ccccc1C(=O)Nc1ccc(N2Cc3ccccc3C2=O)cc1C. The third-order valence-corrected chi connectivity index (χ3v) is 4.94. The van der Waals surface area contributed by atoms with E-state index in [0.717, 1.165) is 22.4 Å². The normalized spacial score (nSPS) is 12.6. The van der Waals surface area contributed by atoms with Crippen LogP contribution in [0.2, 0.25) is 0 Å². The highest BCUT2D eigenvalue weighted by atomic mass is 16.5. The van der Waals surface area contributed by atoms with E-state index >= 15 is 0 Å². The van der Waals surface area contributed by atoms with Gasteiger partial charge in [0.05, 0.1) is 19.2 Å². The van der Waals surface area contributed by atoms with Crippen LogP contribution < -0.4 is 15.0 Å². The van der Waals surface area contributed by atoms with Gasteiger partial charge in [0.1, 0.15) is 5.75 Å². The molecular weight excluding hydrogens is 352 g/mol. The van der Waals surface area contributed by atoms with Gasteiger partial charge in [-0.3, -0.25) is 9.59 Å². The minimum atomic E-state index is -0.238. The number of hydrogen-bond acceptors (Lipinski definition) is 3. The maximum absolute atomic E-state index is 12.7. The van der Waals surface area contributed by atoms with E-state index < -0.39 is 0 Å². The summed E-state index contributed by atoms with van der Waals surface area (Å²) in [4.78, 5) is 27.1. The number of rotatable bonds is 4. The van der Waals surface area contributed by atoms with Crippen molar-refractivity contribution in [2.75, 3.05) is 17.3 Å². The van der Waals surface area contributed by atoms with E-state index in [1.165, 1.54) is 7.11 Å². The van der Waals surface area contributed by atoms with Crippen LogP contribution in [-0.2, 0) is 6.54 Å². The van der Waals surface area contributed by atoms with E-state index in [2.05, 4.69) is 5.32 Å². The number of nitrogens with one attached hydrogen (secondary N) is 1. The second kappa shape index (κ2) is 7.19. The predicted molar refractivity (Wildman–Crippen MR) is 109 cm³/mol. The number of carbonyl (C=O) groups is 2. The molecule has 2 amide bonds. The van der Waals surface area contributed by atoms with Gasteiger partial charge in [0.2, 0.25) is 0 Å². The summed E-state index contributed by atoms with van der Waals surface area (Å²) < 4.78 is 5.26. The van der Waals surface area contributed by atoms with Crippen molar-refractivity contribution >= 4 is 23.2 Å². The number of methoxy groups -OCH3 is 1. The Bertz CT molecular complexity index is 1070. The minimum Gasteiger partial charge on any atom is -0.496 e. The molecule has 0 saturated heterocycles. The first-order chi connectivity index (χ1) is 13.6. The Hall–Kier alpha value is -3.60. The van der Waals surface area contributed by atoms with Crippen molar-refractivity contribution in [3.63, 3.8) is 0 Å². The Morgan fingerprint density at radius 1 is 1.04 bits per heavy atom. The average molecular weight is 372 g/mol. The molecule has 0 fully saturated rings. The molecular formula is C23H20N2O3. The number of hydrogen-bond donors (Lipinski definition) is 1. The van der Waals surface area contributed by atoms with Crippen molar-refractivity contribution in [3.05, 3.63) is 89.0 Å². The molecule has 5 heteroatoms. The van der Waals surface area contributed by atoms with Crippen molar-refractivity contribution < 1.29 is 14.3 Å². The van der Waals surface area contributed by atoms with E-state index in [-0.39, 0.29) is 11.8 Å². The molecule has 0 unspecified atom stereocenters. The number of para-hydroxylation sites is 1. The summed E-state index contributed by atoms with van der Waals surface area (Å²) in [7, 11) is 1.54. The fourth-order valence-electron chi connectivity index (χ4n) is 3.44. The van der Waals surface area contributed by atoms with E-state index in [1.807, 2.05) is 55.5 Å². The van der Waals surface area contributed by atoms with Gasteiger partial charge in [0, 0.05) is 16.9 Å². The Morgan fingerprint density at radius 3 is 2.54 bits per heavy atom. The maximum atomic E-state index is 12.7. The Kier molecular flexibility index (Phi) is 4.57. The molecule has 140 valence electrons.